The second kappa shape index (κ2) is 9.73. The van der Waals surface area contributed by atoms with Gasteiger partial charge in [0, 0.05) is 39.7 Å². The summed E-state index contributed by atoms with van der Waals surface area (Å²) in [4.78, 5) is 9.74. The Morgan fingerprint density at radius 3 is 1.91 bits per heavy atom. The first-order valence-electron chi connectivity index (χ1n) is 15.0. The van der Waals surface area contributed by atoms with Crippen LogP contribution in [0.5, 0.6) is 0 Å². The Bertz CT molecular complexity index is 2300. The van der Waals surface area contributed by atoms with E-state index in [-0.39, 0.29) is 0 Å². The standard InChI is InChI=1S/C40H27N3Si/c1-4-18-36-31(14-1)32-23-22-30(27-37(32)43(36)29-13-11-12-28(26-29)35-17-7-9-24-41-35)44(40-21-8-10-25-42-40)38-19-5-2-15-33(38)34-16-3-6-20-39(34)44/h1-27H. The summed E-state index contributed by atoms with van der Waals surface area (Å²) in [5, 5.41) is 7.80. The lowest BCUT2D eigenvalue weighted by Crippen LogP contribution is -2.73. The van der Waals surface area contributed by atoms with Gasteiger partial charge in [0.25, 0.3) is 0 Å². The highest BCUT2D eigenvalue weighted by Gasteiger charge is 2.49. The van der Waals surface area contributed by atoms with Crippen molar-refractivity contribution in [2.45, 2.75) is 0 Å². The van der Waals surface area contributed by atoms with Crippen LogP contribution in [0.4, 0.5) is 0 Å². The van der Waals surface area contributed by atoms with Crippen molar-refractivity contribution in [3.05, 3.63) is 164 Å². The second-order valence-corrected chi connectivity index (χ2v) is 15.1. The number of pyridine rings is 2. The van der Waals surface area contributed by atoms with Crippen molar-refractivity contribution in [2.75, 3.05) is 0 Å². The maximum atomic E-state index is 5.10. The van der Waals surface area contributed by atoms with E-state index < -0.39 is 8.07 Å². The molecule has 206 valence electrons. The molecule has 5 aromatic carbocycles. The molecular weight excluding hydrogens is 551 g/mol. The van der Waals surface area contributed by atoms with Crippen LogP contribution in [0.25, 0.3) is 49.9 Å². The number of para-hydroxylation sites is 1. The van der Waals surface area contributed by atoms with Crippen LogP contribution in [0.15, 0.2) is 164 Å². The largest absolute Gasteiger partial charge is 0.309 e. The molecule has 0 fully saturated rings. The maximum absolute atomic E-state index is 5.10. The molecule has 0 atom stereocenters. The maximum Gasteiger partial charge on any atom is 0.203 e. The van der Waals surface area contributed by atoms with Crippen LogP contribution in [-0.4, -0.2) is 22.6 Å². The van der Waals surface area contributed by atoms with Gasteiger partial charge in [0.15, 0.2) is 0 Å². The summed E-state index contributed by atoms with van der Waals surface area (Å²) in [6.07, 6.45) is 3.81. The highest BCUT2D eigenvalue weighted by atomic mass is 28.3. The van der Waals surface area contributed by atoms with Crippen molar-refractivity contribution in [1.82, 2.24) is 14.5 Å². The summed E-state index contributed by atoms with van der Waals surface area (Å²) in [5.74, 6) is 0. The molecule has 3 nitrogen and oxygen atoms in total. The molecule has 9 rings (SSSR count). The molecular formula is C40H27N3Si. The molecule has 0 saturated carbocycles. The monoisotopic (exact) mass is 577 g/mol. The Hall–Kier alpha value is -5.58. The van der Waals surface area contributed by atoms with E-state index in [1.54, 1.807) is 0 Å². The minimum Gasteiger partial charge on any atom is -0.309 e. The number of nitrogens with zero attached hydrogens (tertiary/aromatic N) is 3. The van der Waals surface area contributed by atoms with Gasteiger partial charge >= 0.3 is 0 Å². The fourth-order valence-corrected chi connectivity index (χ4v) is 12.4. The van der Waals surface area contributed by atoms with Crippen LogP contribution in [-0.2, 0) is 0 Å². The van der Waals surface area contributed by atoms with Gasteiger partial charge < -0.3 is 4.57 Å². The fraction of sp³-hybridized carbons (Fsp3) is 0. The Kier molecular flexibility index (Phi) is 5.52. The quantitative estimate of drug-likeness (QED) is 0.221. The summed E-state index contributed by atoms with van der Waals surface area (Å²) in [5.41, 5.74) is 8.23. The highest BCUT2D eigenvalue weighted by molar-refractivity contribution is 7.21. The normalized spacial score (nSPS) is 13.2. The number of aromatic nitrogens is 3. The molecule has 0 N–H and O–H groups in total. The average Bonchev–Trinajstić information content (AvgIpc) is 3.60. The predicted molar refractivity (Wildman–Crippen MR) is 184 cm³/mol. The first-order valence-corrected chi connectivity index (χ1v) is 17.0. The minimum atomic E-state index is -2.71. The summed E-state index contributed by atoms with van der Waals surface area (Å²) >= 11 is 0. The van der Waals surface area contributed by atoms with E-state index in [2.05, 4.69) is 143 Å². The van der Waals surface area contributed by atoms with E-state index >= 15 is 0 Å². The Labute approximate surface area is 256 Å². The van der Waals surface area contributed by atoms with Crippen molar-refractivity contribution in [3.8, 4) is 28.1 Å². The lowest BCUT2D eigenvalue weighted by molar-refractivity contribution is 1.18. The zero-order valence-corrected chi connectivity index (χ0v) is 24.9. The lowest BCUT2D eigenvalue weighted by atomic mass is 10.1. The first kappa shape index (κ1) is 25.0. The van der Waals surface area contributed by atoms with Crippen molar-refractivity contribution < 1.29 is 0 Å². The zero-order chi connectivity index (χ0) is 29.1. The molecule has 8 aromatic rings. The molecule has 44 heavy (non-hydrogen) atoms. The summed E-state index contributed by atoms with van der Waals surface area (Å²) < 4.78 is 2.42. The van der Waals surface area contributed by atoms with E-state index in [1.807, 2.05) is 30.6 Å². The molecule has 4 heterocycles. The number of benzene rings is 5. The zero-order valence-electron chi connectivity index (χ0n) is 23.9. The molecule has 0 aliphatic carbocycles. The van der Waals surface area contributed by atoms with Crippen LogP contribution in [0.3, 0.4) is 0 Å². The van der Waals surface area contributed by atoms with Gasteiger partial charge in [-0.1, -0.05) is 103 Å². The van der Waals surface area contributed by atoms with Crippen molar-refractivity contribution in [1.29, 1.82) is 0 Å². The fourth-order valence-electron chi connectivity index (χ4n) is 7.37. The van der Waals surface area contributed by atoms with Crippen LogP contribution in [0.2, 0.25) is 0 Å². The molecule has 1 aliphatic heterocycles. The molecule has 1 aliphatic rings. The van der Waals surface area contributed by atoms with Crippen LogP contribution >= 0.6 is 0 Å². The third-order valence-corrected chi connectivity index (χ3v) is 13.9. The third kappa shape index (κ3) is 3.49. The number of rotatable bonds is 4. The van der Waals surface area contributed by atoms with E-state index in [4.69, 9.17) is 4.98 Å². The van der Waals surface area contributed by atoms with Crippen LogP contribution in [0, 0.1) is 0 Å². The summed E-state index contributed by atoms with van der Waals surface area (Å²) in [7, 11) is -2.71. The molecule has 0 amide bonds. The second-order valence-electron chi connectivity index (χ2n) is 11.4. The van der Waals surface area contributed by atoms with Crippen molar-refractivity contribution in [3.63, 3.8) is 0 Å². The van der Waals surface area contributed by atoms with E-state index in [0.29, 0.717) is 0 Å². The smallest absolute Gasteiger partial charge is 0.203 e. The molecule has 0 radical (unpaired) electrons. The molecule has 0 spiro atoms. The molecule has 3 aromatic heterocycles. The number of hydrogen-bond acceptors (Lipinski definition) is 2. The summed E-state index contributed by atoms with van der Waals surface area (Å²) in [6, 6.07) is 55.1. The first-order chi connectivity index (χ1) is 21.8. The average molecular weight is 578 g/mol. The van der Waals surface area contributed by atoms with Crippen LogP contribution in [0.1, 0.15) is 0 Å². The van der Waals surface area contributed by atoms with E-state index in [1.165, 1.54) is 48.5 Å². The Morgan fingerprint density at radius 2 is 1.16 bits per heavy atom. The Morgan fingerprint density at radius 1 is 0.477 bits per heavy atom. The van der Waals surface area contributed by atoms with Crippen LogP contribution < -0.4 is 20.9 Å². The SMILES string of the molecule is c1ccc(-c2cccc(-n3c4ccccc4c4ccc([Si]5(c6ccccn6)c6ccccc6-c6ccccc65)cc43)c2)nc1. The number of fused-ring (bicyclic) bond motifs is 6. The predicted octanol–water partition coefficient (Wildman–Crippen LogP) is 6.60. The van der Waals surface area contributed by atoms with Gasteiger partial charge in [0.1, 0.15) is 0 Å². The van der Waals surface area contributed by atoms with Crippen molar-refractivity contribution >= 4 is 50.8 Å². The van der Waals surface area contributed by atoms with Crippen molar-refractivity contribution in [2.24, 2.45) is 0 Å². The van der Waals surface area contributed by atoms with Gasteiger partial charge in [0.2, 0.25) is 8.07 Å². The highest BCUT2D eigenvalue weighted by Crippen LogP contribution is 2.34. The van der Waals surface area contributed by atoms with Gasteiger partial charge in [-0.2, -0.15) is 0 Å². The third-order valence-electron chi connectivity index (χ3n) is 9.17. The van der Waals surface area contributed by atoms with E-state index in [9.17, 15) is 0 Å². The van der Waals surface area contributed by atoms with Gasteiger partial charge in [-0.3, -0.25) is 9.97 Å². The van der Waals surface area contributed by atoms with E-state index in [0.717, 1.165) is 22.3 Å². The molecule has 0 bridgehead atoms. The Balaban J connectivity index is 1.38. The minimum absolute atomic E-state index is 0.969. The summed E-state index contributed by atoms with van der Waals surface area (Å²) in [6.45, 7) is 0. The van der Waals surface area contributed by atoms with Gasteiger partial charge in [-0.05, 0) is 75.2 Å². The lowest BCUT2D eigenvalue weighted by Gasteiger charge is -2.30. The molecule has 0 saturated heterocycles. The number of hydrogen-bond donors (Lipinski definition) is 0. The molecule has 0 unspecified atom stereocenters. The topological polar surface area (TPSA) is 30.7 Å². The van der Waals surface area contributed by atoms with Gasteiger partial charge in [-0.25, -0.2) is 0 Å². The van der Waals surface area contributed by atoms with Gasteiger partial charge in [0.05, 0.1) is 16.7 Å². The molecule has 4 heteroatoms. The van der Waals surface area contributed by atoms with Gasteiger partial charge in [-0.15, -0.1) is 0 Å².